The van der Waals surface area contributed by atoms with Gasteiger partial charge in [-0.15, -0.1) is 0 Å². The Balaban J connectivity index is 2.92. The van der Waals surface area contributed by atoms with Gasteiger partial charge in [0.1, 0.15) is 5.54 Å². The molecule has 0 aliphatic heterocycles. The second kappa shape index (κ2) is 8.88. The number of hydrogen-bond acceptors (Lipinski definition) is 4. The summed E-state index contributed by atoms with van der Waals surface area (Å²) in [5, 5.41) is 16.8. The van der Waals surface area contributed by atoms with E-state index in [0.29, 0.717) is 18.5 Å². The Morgan fingerprint density at radius 1 is 1.21 bits per heavy atom. The predicted molar refractivity (Wildman–Crippen MR) is 89.4 cm³/mol. The molecule has 1 rings (SSSR count). The van der Waals surface area contributed by atoms with Crippen molar-refractivity contribution in [1.82, 2.24) is 16.0 Å². The van der Waals surface area contributed by atoms with Gasteiger partial charge in [0, 0.05) is 6.54 Å². The smallest absolute Gasteiger partial charge is 0.405 e. The molecule has 0 heterocycles. The second-order valence-electron chi connectivity index (χ2n) is 5.55. The fourth-order valence-corrected chi connectivity index (χ4v) is 2.43. The van der Waals surface area contributed by atoms with Gasteiger partial charge in [0.05, 0.1) is 6.54 Å². The van der Waals surface area contributed by atoms with Gasteiger partial charge in [-0.25, -0.2) is 4.79 Å². The van der Waals surface area contributed by atoms with Crippen LogP contribution >= 0.6 is 0 Å². The van der Waals surface area contributed by atoms with E-state index in [0.717, 1.165) is 5.56 Å². The van der Waals surface area contributed by atoms with Crippen molar-refractivity contribution in [2.24, 2.45) is 5.73 Å². The molecule has 1 aromatic carbocycles. The molecule has 1 atom stereocenters. The van der Waals surface area contributed by atoms with Gasteiger partial charge in [-0.2, -0.15) is 0 Å². The van der Waals surface area contributed by atoms with E-state index in [-0.39, 0.29) is 18.9 Å². The maximum absolute atomic E-state index is 12.1. The number of hydrogen-bond donors (Lipinski definition) is 5. The first-order chi connectivity index (χ1) is 11.3. The average Bonchev–Trinajstić information content (AvgIpc) is 2.50. The lowest BCUT2D eigenvalue weighted by atomic mass is 9.84. The minimum absolute atomic E-state index is 0.136. The third kappa shape index (κ3) is 5.24. The minimum Gasteiger partial charge on any atom is -0.465 e. The number of likely N-dealkylation sites (N-methyl/N-ethyl adjacent to an activating group) is 1. The molecule has 3 amide bonds. The van der Waals surface area contributed by atoms with Crippen LogP contribution in [0.25, 0.3) is 0 Å². The zero-order chi connectivity index (χ0) is 18.2. The van der Waals surface area contributed by atoms with Crippen molar-refractivity contribution in [3.63, 3.8) is 0 Å². The normalized spacial score (nSPS) is 12.9. The molecule has 8 heteroatoms. The molecule has 0 aliphatic carbocycles. The van der Waals surface area contributed by atoms with Crippen LogP contribution in [0, 0.1) is 6.92 Å². The summed E-state index contributed by atoms with van der Waals surface area (Å²) in [6.07, 6.45) is -0.821. The van der Waals surface area contributed by atoms with E-state index in [1.807, 2.05) is 6.92 Å². The van der Waals surface area contributed by atoms with E-state index in [4.69, 9.17) is 10.8 Å². The van der Waals surface area contributed by atoms with Crippen LogP contribution in [-0.2, 0) is 15.1 Å². The zero-order valence-electron chi connectivity index (χ0n) is 13.9. The molecule has 0 radical (unpaired) electrons. The molecular weight excluding hydrogens is 312 g/mol. The molecule has 1 aromatic rings. The summed E-state index contributed by atoms with van der Waals surface area (Å²) in [4.78, 5) is 34.7. The van der Waals surface area contributed by atoms with Gasteiger partial charge in [-0.3, -0.25) is 9.59 Å². The summed E-state index contributed by atoms with van der Waals surface area (Å²) in [5.74, 6) is -0.959. The molecule has 8 nitrogen and oxygen atoms in total. The molecular formula is C16H24N4O4. The lowest BCUT2D eigenvalue weighted by Crippen LogP contribution is -2.54. The SMILES string of the molecule is CNCC(=O)NCCC[C@@](NC(=O)O)(C(N)=O)c1ccc(C)cc1. The molecule has 0 aliphatic rings. The van der Waals surface area contributed by atoms with E-state index in [9.17, 15) is 14.4 Å². The Kier molecular flexibility index (Phi) is 7.19. The van der Waals surface area contributed by atoms with Crippen LogP contribution < -0.4 is 21.7 Å². The number of carbonyl (C=O) groups excluding carboxylic acids is 2. The average molecular weight is 336 g/mol. The van der Waals surface area contributed by atoms with Crippen molar-refractivity contribution in [3.8, 4) is 0 Å². The summed E-state index contributed by atoms with van der Waals surface area (Å²) in [6.45, 7) is 2.38. The van der Waals surface area contributed by atoms with Crippen molar-refractivity contribution in [3.05, 3.63) is 35.4 Å². The number of aryl methyl sites for hydroxylation is 1. The number of carboxylic acid groups (broad SMARTS) is 1. The molecule has 0 saturated heterocycles. The predicted octanol–water partition coefficient (Wildman–Crippen LogP) is 0.0590. The van der Waals surface area contributed by atoms with Crippen LogP contribution in [0.5, 0.6) is 0 Å². The third-order valence-electron chi connectivity index (χ3n) is 3.67. The van der Waals surface area contributed by atoms with Crippen molar-refractivity contribution in [1.29, 1.82) is 0 Å². The van der Waals surface area contributed by atoms with Crippen LogP contribution in [0.2, 0.25) is 0 Å². The van der Waals surface area contributed by atoms with Crippen molar-refractivity contribution in [2.75, 3.05) is 20.1 Å². The molecule has 0 unspecified atom stereocenters. The minimum atomic E-state index is -1.53. The lowest BCUT2D eigenvalue weighted by Gasteiger charge is -2.31. The Bertz CT molecular complexity index is 588. The van der Waals surface area contributed by atoms with E-state index < -0.39 is 17.5 Å². The maximum atomic E-state index is 12.1. The molecule has 6 N–H and O–H groups in total. The quantitative estimate of drug-likeness (QED) is 0.407. The van der Waals surface area contributed by atoms with E-state index >= 15 is 0 Å². The highest BCUT2D eigenvalue weighted by molar-refractivity contribution is 5.89. The van der Waals surface area contributed by atoms with E-state index in [1.165, 1.54) is 0 Å². The fraction of sp³-hybridized carbons (Fsp3) is 0.438. The number of amides is 3. The second-order valence-corrected chi connectivity index (χ2v) is 5.55. The van der Waals surface area contributed by atoms with Crippen molar-refractivity contribution < 1.29 is 19.5 Å². The maximum Gasteiger partial charge on any atom is 0.405 e. The number of nitrogens with one attached hydrogen (secondary N) is 3. The summed E-state index contributed by atoms with van der Waals surface area (Å²) in [7, 11) is 1.66. The highest BCUT2D eigenvalue weighted by Gasteiger charge is 2.39. The standard InChI is InChI=1S/C16H24N4O4/c1-11-4-6-12(7-5-11)16(14(17)22,20-15(23)24)8-3-9-19-13(21)10-18-2/h4-7,18,20H,3,8-10H2,1-2H3,(H2,17,22)(H,19,21)(H,23,24)/t16-/m0/s1. The van der Waals surface area contributed by atoms with Gasteiger partial charge in [0.2, 0.25) is 11.8 Å². The molecule has 0 aromatic heterocycles. The van der Waals surface area contributed by atoms with Crippen LogP contribution in [-0.4, -0.2) is 43.2 Å². The lowest BCUT2D eigenvalue weighted by molar-refractivity contribution is -0.125. The third-order valence-corrected chi connectivity index (χ3v) is 3.67. The molecule has 0 saturated carbocycles. The highest BCUT2D eigenvalue weighted by Crippen LogP contribution is 2.27. The molecule has 132 valence electrons. The molecule has 0 fully saturated rings. The largest absolute Gasteiger partial charge is 0.465 e. The van der Waals surface area contributed by atoms with Gasteiger partial charge >= 0.3 is 6.09 Å². The Hall–Kier alpha value is -2.61. The Morgan fingerprint density at radius 3 is 2.33 bits per heavy atom. The molecule has 0 spiro atoms. The van der Waals surface area contributed by atoms with Gasteiger partial charge in [-0.1, -0.05) is 29.8 Å². The topological polar surface area (TPSA) is 134 Å². The Labute approximate surface area is 140 Å². The van der Waals surface area contributed by atoms with E-state index in [1.54, 1.807) is 31.3 Å². The monoisotopic (exact) mass is 336 g/mol. The Morgan fingerprint density at radius 2 is 1.83 bits per heavy atom. The van der Waals surface area contributed by atoms with Crippen LogP contribution in [0.15, 0.2) is 24.3 Å². The number of nitrogens with two attached hydrogens (primary N) is 1. The number of benzene rings is 1. The van der Waals surface area contributed by atoms with Crippen molar-refractivity contribution in [2.45, 2.75) is 25.3 Å². The first-order valence-electron chi connectivity index (χ1n) is 7.61. The van der Waals surface area contributed by atoms with Gasteiger partial charge in [-0.05, 0) is 32.4 Å². The highest BCUT2D eigenvalue weighted by atomic mass is 16.4. The van der Waals surface area contributed by atoms with Gasteiger partial charge in [0.15, 0.2) is 0 Å². The van der Waals surface area contributed by atoms with E-state index in [2.05, 4.69) is 16.0 Å². The first kappa shape index (κ1) is 19.4. The number of rotatable bonds is 9. The van der Waals surface area contributed by atoms with Crippen molar-refractivity contribution >= 4 is 17.9 Å². The zero-order valence-corrected chi connectivity index (χ0v) is 13.9. The summed E-state index contributed by atoms with van der Waals surface area (Å²) < 4.78 is 0. The first-order valence-corrected chi connectivity index (χ1v) is 7.61. The molecule has 24 heavy (non-hydrogen) atoms. The fourth-order valence-electron chi connectivity index (χ4n) is 2.43. The summed E-state index contributed by atoms with van der Waals surface area (Å²) in [5.41, 5.74) is 5.44. The summed E-state index contributed by atoms with van der Waals surface area (Å²) in [6, 6.07) is 6.92. The molecule has 0 bridgehead atoms. The summed E-state index contributed by atoms with van der Waals surface area (Å²) >= 11 is 0. The van der Waals surface area contributed by atoms with Crippen LogP contribution in [0.4, 0.5) is 4.79 Å². The van der Waals surface area contributed by atoms with Crippen LogP contribution in [0.1, 0.15) is 24.0 Å². The number of primary amides is 1. The number of carbonyl (C=O) groups is 3. The van der Waals surface area contributed by atoms with Gasteiger partial charge < -0.3 is 26.8 Å². The van der Waals surface area contributed by atoms with Gasteiger partial charge in [0.25, 0.3) is 0 Å². The van der Waals surface area contributed by atoms with Crippen LogP contribution in [0.3, 0.4) is 0 Å².